The van der Waals surface area contributed by atoms with Gasteiger partial charge in [-0.25, -0.2) is 4.79 Å². The number of aromatic hydroxyl groups is 1. The zero-order chi connectivity index (χ0) is 18.4. The van der Waals surface area contributed by atoms with Crippen LogP contribution < -0.4 is 9.47 Å². The predicted molar refractivity (Wildman–Crippen MR) is 95.9 cm³/mol. The standard InChI is InChI=1S/C20H21NO5/c1-4-26-20(23)21-8-7-11-9-15(22)19(25-3)17-13-6-5-12(24-2)10-14(13)18(21)16(11)17/h5-6,9-10,18,22H,4,7-8H2,1-3H3. The summed E-state index contributed by atoms with van der Waals surface area (Å²) in [6, 6.07) is 7.25. The van der Waals surface area contributed by atoms with Crippen LogP contribution in [0.3, 0.4) is 0 Å². The molecule has 1 aliphatic heterocycles. The Hall–Kier alpha value is -2.89. The lowest BCUT2D eigenvalue weighted by Gasteiger charge is -2.35. The summed E-state index contributed by atoms with van der Waals surface area (Å²) < 4.78 is 16.2. The molecule has 2 aromatic rings. The summed E-state index contributed by atoms with van der Waals surface area (Å²) in [7, 11) is 3.16. The first kappa shape index (κ1) is 16.6. The highest BCUT2D eigenvalue weighted by Gasteiger charge is 2.43. The lowest BCUT2D eigenvalue weighted by molar-refractivity contribution is 0.0945. The number of hydrogen-bond acceptors (Lipinski definition) is 5. The zero-order valence-electron chi connectivity index (χ0n) is 15.0. The summed E-state index contributed by atoms with van der Waals surface area (Å²) in [4.78, 5) is 14.3. The number of benzene rings is 2. The van der Waals surface area contributed by atoms with Crippen molar-refractivity contribution in [1.29, 1.82) is 0 Å². The van der Waals surface area contributed by atoms with Crippen LogP contribution >= 0.6 is 0 Å². The van der Waals surface area contributed by atoms with Crippen LogP contribution in [0.2, 0.25) is 0 Å². The Morgan fingerprint density at radius 1 is 1.27 bits per heavy atom. The monoisotopic (exact) mass is 355 g/mol. The van der Waals surface area contributed by atoms with Crippen molar-refractivity contribution < 1.29 is 24.1 Å². The van der Waals surface area contributed by atoms with Gasteiger partial charge in [0.2, 0.25) is 0 Å². The van der Waals surface area contributed by atoms with Crippen molar-refractivity contribution in [1.82, 2.24) is 4.90 Å². The van der Waals surface area contributed by atoms with Crippen LogP contribution in [0, 0.1) is 0 Å². The molecule has 2 aromatic carbocycles. The molecular weight excluding hydrogens is 334 g/mol. The van der Waals surface area contributed by atoms with E-state index in [1.807, 2.05) is 18.2 Å². The minimum absolute atomic E-state index is 0.119. The molecule has 136 valence electrons. The number of rotatable bonds is 3. The van der Waals surface area contributed by atoms with Gasteiger partial charge in [0.1, 0.15) is 5.75 Å². The van der Waals surface area contributed by atoms with Crippen LogP contribution in [0.1, 0.15) is 29.7 Å². The molecule has 0 fully saturated rings. The van der Waals surface area contributed by atoms with Crippen LogP contribution in [-0.4, -0.2) is 43.5 Å². The average molecular weight is 355 g/mol. The number of amides is 1. The van der Waals surface area contributed by atoms with Gasteiger partial charge in [-0.15, -0.1) is 0 Å². The topological polar surface area (TPSA) is 68.2 Å². The van der Waals surface area contributed by atoms with Crippen molar-refractivity contribution in [2.45, 2.75) is 19.4 Å². The van der Waals surface area contributed by atoms with Gasteiger partial charge in [-0.1, -0.05) is 6.07 Å². The van der Waals surface area contributed by atoms with Crippen LogP contribution in [0.4, 0.5) is 4.79 Å². The third kappa shape index (κ3) is 2.21. The van der Waals surface area contributed by atoms with Gasteiger partial charge in [0, 0.05) is 12.1 Å². The molecule has 1 heterocycles. The lowest BCUT2D eigenvalue weighted by Crippen LogP contribution is -2.40. The fourth-order valence-corrected chi connectivity index (χ4v) is 4.09. The Morgan fingerprint density at radius 3 is 2.77 bits per heavy atom. The predicted octanol–water partition coefficient (Wildman–Crippen LogP) is 3.49. The molecule has 1 amide bonds. The van der Waals surface area contributed by atoms with E-state index < -0.39 is 0 Å². The first-order valence-corrected chi connectivity index (χ1v) is 8.65. The fraction of sp³-hybridized carbons (Fsp3) is 0.350. The van der Waals surface area contributed by atoms with Crippen molar-refractivity contribution >= 4 is 6.09 Å². The van der Waals surface area contributed by atoms with E-state index >= 15 is 0 Å². The molecule has 2 aliphatic rings. The summed E-state index contributed by atoms with van der Waals surface area (Å²) in [6.07, 6.45) is 0.317. The second-order valence-electron chi connectivity index (χ2n) is 6.37. The van der Waals surface area contributed by atoms with E-state index in [9.17, 15) is 9.90 Å². The lowest BCUT2D eigenvalue weighted by atomic mass is 9.91. The molecule has 0 radical (unpaired) electrons. The molecule has 4 rings (SSSR count). The molecule has 0 spiro atoms. The van der Waals surface area contributed by atoms with E-state index in [2.05, 4.69) is 0 Å². The Bertz CT molecular complexity index is 892. The molecule has 6 heteroatoms. The first-order valence-electron chi connectivity index (χ1n) is 8.65. The van der Waals surface area contributed by atoms with Gasteiger partial charge in [-0.05, 0) is 53.8 Å². The highest BCUT2D eigenvalue weighted by atomic mass is 16.6. The molecule has 1 atom stereocenters. The van der Waals surface area contributed by atoms with Gasteiger partial charge in [0.15, 0.2) is 11.5 Å². The maximum atomic E-state index is 12.6. The number of hydrogen-bond donors (Lipinski definition) is 1. The highest BCUT2D eigenvalue weighted by Crippen LogP contribution is 2.56. The smallest absolute Gasteiger partial charge is 0.410 e. The maximum absolute atomic E-state index is 12.6. The summed E-state index contributed by atoms with van der Waals surface area (Å²) in [5, 5.41) is 10.4. The van der Waals surface area contributed by atoms with Crippen LogP contribution in [0.25, 0.3) is 11.1 Å². The second kappa shape index (κ2) is 6.12. The number of fused-ring (bicyclic) bond motifs is 3. The van der Waals surface area contributed by atoms with E-state index in [0.717, 1.165) is 33.6 Å². The number of ether oxygens (including phenoxy) is 3. The average Bonchev–Trinajstić information content (AvgIpc) is 2.98. The maximum Gasteiger partial charge on any atom is 0.410 e. The van der Waals surface area contributed by atoms with Gasteiger partial charge in [0.25, 0.3) is 0 Å². The Balaban J connectivity index is 1.98. The number of carbonyl (C=O) groups is 1. The zero-order valence-corrected chi connectivity index (χ0v) is 15.0. The first-order chi connectivity index (χ1) is 12.6. The molecule has 1 aliphatic carbocycles. The van der Waals surface area contributed by atoms with Crippen molar-refractivity contribution in [3.05, 3.63) is 41.0 Å². The SMILES string of the molecule is CCOC(=O)N1CCc2cc(O)c(OC)c3c2C1c1cc(OC)ccc1-3. The van der Waals surface area contributed by atoms with Gasteiger partial charge in [-0.2, -0.15) is 0 Å². The van der Waals surface area contributed by atoms with Crippen molar-refractivity contribution in [2.24, 2.45) is 0 Å². The van der Waals surface area contributed by atoms with Crippen molar-refractivity contribution in [3.63, 3.8) is 0 Å². The van der Waals surface area contributed by atoms with E-state index in [1.54, 1.807) is 32.1 Å². The molecular formula is C20H21NO5. The Morgan fingerprint density at radius 2 is 2.08 bits per heavy atom. The molecule has 1 N–H and O–H groups in total. The van der Waals surface area contributed by atoms with Gasteiger partial charge < -0.3 is 19.3 Å². The minimum atomic E-state index is -0.336. The van der Waals surface area contributed by atoms with Crippen molar-refractivity contribution in [3.8, 4) is 28.4 Å². The normalized spacial score (nSPS) is 16.7. The van der Waals surface area contributed by atoms with Crippen LogP contribution in [0.15, 0.2) is 24.3 Å². The number of carbonyl (C=O) groups excluding carboxylic acids is 1. The van der Waals surface area contributed by atoms with E-state index in [4.69, 9.17) is 14.2 Å². The molecule has 1 unspecified atom stereocenters. The summed E-state index contributed by atoms with van der Waals surface area (Å²) in [6.45, 7) is 2.65. The Labute approximate surface area is 151 Å². The minimum Gasteiger partial charge on any atom is -0.504 e. The largest absolute Gasteiger partial charge is 0.504 e. The van der Waals surface area contributed by atoms with Gasteiger partial charge in [0.05, 0.1) is 26.9 Å². The Kier molecular flexibility index (Phi) is 3.90. The number of nitrogens with zero attached hydrogens (tertiary/aromatic N) is 1. The molecule has 6 nitrogen and oxygen atoms in total. The number of phenolic OH excluding ortho intramolecular Hbond substituents is 1. The van der Waals surface area contributed by atoms with Crippen LogP contribution in [-0.2, 0) is 11.2 Å². The summed E-state index contributed by atoms with van der Waals surface area (Å²) in [5.41, 5.74) is 4.77. The molecule has 26 heavy (non-hydrogen) atoms. The van der Waals surface area contributed by atoms with Crippen molar-refractivity contribution in [2.75, 3.05) is 27.4 Å². The van der Waals surface area contributed by atoms with E-state index in [0.29, 0.717) is 25.3 Å². The van der Waals surface area contributed by atoms with Gasteiger partial charge in [-0.3, -0.25) is 4.90 Å². The third-order valence-electron chi connectivity index (χ3n) is 5.12. The quantitative estimate of drug-likeness (QED) is 0.913. The second-order valence-corrected chi connectivity index (χ2v) is 6.37. The molecule has 0 saturated carbocycles. The molecule has 0 aromatic heterocycles. The summed E-state index contributed by atoms with van der Waals surface area (Å²) >= 11 is 0. The van der Waals surface area contributed by atoms with E-state index in [1.165, 1.54) is 0 Å². The number of methoxy groups -OCH3 is 2. The number of phenols is 1. The van der Waals surface area contributed by atoms with Crippen LogP contribution in [0.5, 0.6) is 17.2 Å². The van der Waals surface area contributed by atoms with Gasteiger partial charge >= 0.3 is 6.09 Å². The fourth-order valence-electron chi connectivity index (χ4n) is 4.09. The third-order valence-corrected chi connectivity index (χ3v) is 5.12. The van der Waals surface area contributed by atoms with E-state index in [-0.39, 0.29) is 17.9 Å². The summed E-state index contributed by atoms with van der Waals surface area (Å²) in [5.74, 6) is 1.27. The molecule has 0 saturated heterocycles. The highest BCUT2D eigenvalue weighted by molar-refractivity contribution is 5.89. The molecule has 0 bridgehead atoms.